The summed E-state index contributed by atoms with van der Waals surface area (Å²) in [6, 6.07) is 10.3. The average Bonchev–Trinajstić information content (AvgIpc) is 3.40. The van der Waals surface area contributed by atoms with Crippen LogP contribution in [0.3, 0.4) is 0 Å². The largest absolute Gasteiger partial charge is 0.269 e. The zero-order chi connectivity index (χ0) is 22.8. The van der Waals surface area contributed by atoms with Crippen LogP contribution < -0.4 is 0 Å². The fourth-order valence-electron chi connectivity index (χ4n) is 1.96. The van der Waals surface area contributed by atoms with Gasteiger partial charge in [-0.2, -0.15) is 5.11 Å². The van der Waals surface area contributed by atoms with Gasteiger partial charge in [0.25, 0.3) is 11.4 Å². The van der Waals surface area contributed by atoms with Crippen LogP contribution in [0, 0.1) is 33.0 Å². The summed E-state index contributed by atoms with van der Waals surface area (Å²) >= 11 is 0. The highest BCUT2D eigenvalue weighted by atomic mass is 19.1. The number of amidine groups is 1. The van der Waals surface area contributed by atoms with Crippen molar-refractivity contribution >= 4 is 17.2 Å². The minimum atomic E-state index is -0.570. The van der Waals surface area contributed by atoms with Crippen molar-refractivity contribution in [1.29, 1.82) is 0 Å². The second-order valence-electron chi connectivity index (χ2n) is 5.72. The number of hydrogen-bond donors (Lipinski definition) is 0. The van der Waals surface area contributed by atoms with Gasteiger partial charge in [-0.1, -0.05) is 0 Å². The van der Waals surface area contributed by atoms with E-state index in [1.807, 2.05) is 6.92 Å². The monoisotopic (exact) mass is 429 g/mol. The number of benzene rings is 2. The number of non-ortho nitro benzene ring substituents is 2. The lowest BCUT2D eigenvalue weighted by molar-refractivity contribution is -0.385. The number of nitro benzene ring substituents is 2. The molecule has 0 N–H and O–H groups in total. The fourth-order valence-corrected chi connectivity index (χ4v) is 1.96. The van der Waals surface area contributed by atoms with E-state index in [1.54, 1.807) is 19.1 Å². The molecule has 3 aromatic rings. The molecule has 0 spiro atoms. The van der Waals surface area contributed by atoms with Crippen LogP contribution in [0.4, 0.5) is 15.8 Å². The third-order valence-corrected chi connectivity index (χ3v) is 3.42. The Bertz CT molecular complexity index is 1090. The molecular weight excluding hydrogens is 413 g/mol. The highest BCUT2D eigenvalue weighted by Gasteiger charge is 2.06. The normalized spacial score (nSPS) is 11.5. The van der Waals surface area contributed by atoms with Crippen molar-refractivity contribution < 1.29 is 14.2 Å². The first kappa shape index (κ1) is 22.8. The molecule has 0 fully saturated rings. The zero-order valence-corrected chi connectivity index (χ0v) is 16.4. The van der Waals surface area contributed by atoms with Crippen LogP contribution in [-0.2, 0) is 0 Å². The van der Waals surface area contributed by atoms with Gasteiger partial charge < -0.3 is 0 Å². The molecule has 1 aromatic heterocycles. The van der Waals surface area contributed by atoms with E-state index in [-0.39, 0.29) is 11.4 Å². The molecule has 31 heavy (non-hydrogen) atoms. The maximum Gasteiger partial charge on any atom is 0.269 e. The van der Waals surface area contributed by atoms with Crippen molar-refractivity contribution in [3.8, 4) is 5.69 Å². The van der Waals surface area contributed by atoms with E-state index < -0.39 is 15.7 Å². The summed E-state index contributed by atoms with van der Waals surface area (Å²) in [5, 5.41) is 39.0. The third kappa shape index (κ3) is 7.45. The van der Waals surface area contributed by atoms with Crippen LogP contribution in [0.2, 0.25) is 0 Å². The van der Waals surface area contributed by atoms with Crippen molar-refractivity contribution in [2.24, 2.45) is 15.2 Å². The Kier molecular flexibility index (Phi) is 8.01. The molecule has 0 atom stereocenters. The first-order valence-corrected chi connectivity index (χ1v) is 8.56. The number of halogens is 1. The molecule has 0 saturated heterocycles. The van der Waals surface area contributed by atoms with E-state index in [0.29, 0.717) is 18.2 Å². The summed E-state index contributed by atoms with van der Waals surface area (Å²) in [6.07, 6.45) is 0. The van der Waals surface area contributed by atoms with Crippen LogP contribution in [0.5, 0.6) is 0 Å². The summed E-state index contributed by atoms with van der Waals surface area (Å²) in [5.41, 5.74) is 0.582. The van der Waals surface area contributed by atoms with Gasteiger partial charge in [0.1, 0.15) is 11.7 Å². The second-order valence-corrected chi connectivity index (χ2v) is 5.72. The molecule has 0 bridgehead atoms. The van der Waals surface area contributed by atoms with Gasteiger partial charge in [0.15, 0.2) is 12.5 Å². The lowest BCUT2D eigenvalue weighted by atomic mass is 10.3. The second kappa shape index (κ2) is 10.9. The smallest absolute Gasteiger partial charge is 0.258 e. The van der Waals surface area contributed by atoms with Gasteiger partial charge in [-0.25, -0.2) is 9.38 Å². The molecule has 2 aromatic carbocycles. The molecule has 4 rings (SSSR count). The fraction of sp³-hybridized carbons (Fsp3) is 0.176. The molecule has 160 valence electrons. The highest BCUT2D eigenvalue weighted by molar-refractivity contribution is 5.80. The number of hydrogen-bond acceptors (Lipinski definition) is 10. The topological polar surface area (TPSA) is 167 Å². The van der Waals surface area contributed by atoms with Crippen LogP contribution in [0.1, 0.15) is 12.7 Å². The lowest BCUT2D eigenvalue weighted by Gasteiger charge is -1.96. The summed E-state index contributed by atoms with van der Waals surface area (Å²) in [5.74, 6) is 0.869. The first-order chi connectivity index (χ1) is 14.8. The van der Waals surface area contributed by atoms with Crippen LogP contribution in [-0.4, -0.2) is 42.6 Å². The minimum absolute atomic E-state index is 0.0376. The Hall–Kier alpha value is -4.49. The lowest BCUT2D eigenvalue weighted by Crippen LogP contribution is -1.99. The quantitative estimate of drug-likeness (QED) is 0.454. The summed E-state index contributed by atoms with van der Waals surface area (Å²) < 4.78 is 12.1. The zero-order valence-electron chi connectivity index (χ0n) is 16.4. The Morgan fingerprint density at radius 2 is 1.48 bits per heavy atom. The number of rotatable bonds is 3. The molecule has 2 heterocycles. The number of nitro groups is 2. The maximum atomic E-state index is 12.1. The molecule has 1 aliphatic rings. The SMILES string of the molecule is CC1=NCN=N1.Cc1nnn(-c2ccc([N+](=O)[O-])cc2)n1.O=[N+]([O-])c1ccc(F)cc1. The third-order valence-electron chi connectivity index (χ3n) is 3.42. The molecular formula is C17H16FN9O4. The number of aryl methyl sites for hydroxylation is 1. The number of tetrazole rings is 1. The van der Waals surface area contributed by atoms with Crippen LogP contribution in [0.25, 0.3) is 5.69 Å². The van der Waals surface area contributed by atoms with Crippen molar-refractivity contribution in [1.82, 2.24) is 20.2 Å². The van der Waals surface area contributed by atoms with Gasteiger partial charge in [-0.3, -0.25) is 20.2 Å². The van der Waals surface area contributed by atoms with E-state index >= 15 is 0 Å². The molecule has 0 unspecified atom stereocenters. The van der Waals surface area contributed by atoms with Gasteiger partial charge in [0.2, 0.25) is 0 Å². The summed E-state index contributed by atoms with van der Waals surface area (Å²) in [6.45, 7) is 4.08. The molecule has 0 radical (unpaired) electrons. The number of aromatic nitrogens is 4. The summed E-state index contributed by atoms with van der Waals surface area (Å²) in [7, 11) is 0. The Morgan fingerprint density at radius 1 is 0.935 bits per heavy atom. The summed E-state index contributed by atoms with van der Waals surface area (Å²) in [4.78, 5) is 24.5. The molecule has 14 heteroatoms. The Labute approximate surface area is 174 Å². The number of aliphatic imine (C=N–C) groups is 1. The van der Waals surface area contributed by atoms with E-state index in [4.69, 9.17) is 0 Å². The predicted octanol–water partition coefficient (Wildman–Crippen LogP) is 3.44. The maximum absolute atomic E-state index is 12.1. The van der Waals surface area contributed by atoms with Gasteiger partial charge in [0, 0.05) is 24.3 Å². The molecule has 0 aliphatic carbocycles. The molecule has 0 amide bonds. The Balaban J connectivity index is 0.000000183. The Morgan fingerprint density at radius 3 is 1.84 bits per heavy atom. The van der Waals surface area contributed by atoms with E-state index in [9.17, 15) is 24.6 Å². The van der Waals surface area contributed by atoms with E-state index in [1.165, 1.54) is 16.9 Å². The number of nitrogens with zero attached hydrogens (tertiary/aromatic N) is 9. The van der Waals surface area contributed by atoms with Crippen molar-refractivity contribution in [2.75, 3.05) is 6.67 Å². The minimum Gasteiger partial charge on any atom is -0.258 e. The average molecular weight is 429 g/mol. The predicted molar refractivity (Wildman–Crippen MR) is 106 cm³/mol. The first-order valence-electron chi connectivity index (χ1n) is 8.56. The van der Waals surface area contributed by atoms with Gasteiger partial charge in [0.05, 0.1) is 15.5 Å². The van der Waals surface area contributed by atoms with Gasteiger partial charge in [-0.15, -0.1) is 20.1 Å². The van der Waals surface area contributed by atoms with Crippen LogP contribution >= 0.6 is 0 Å². The van der Waals surface area contributed by atoms with Crippen molar-refractivity contribution in [3.05, 3.63) is 80.4 Å². The van der Waals surface area contributed by atoms with Crippen molar-refractivity contribution in [3.63, 3.8) is 0 Å². The van der Waals surface area contributed by atoms with Crippen LogP contribution in [0.15, 0.2) is 63.8 Å². The van der Waals surface area contributed by atoms with E-state index in [0.717, 1.165) is 30.1 Å². The van der Waals surface area contributed by atoms with E-state index in [2.05, 4.69) is 30.6 Å². The number of azo groups is 1. The molecule has 13 nitrogen and oxygen atoms in total. The highest BCUT2D eigenvalue weighted by Crippen LogP contribution is 2.13. The van der Waals surface area contributed by atoms with Gasteiger partial charge in [-0.05, 0) is 43.3 Å². The molecule has 1 aliphatic heterocycles. The van der Waals surface area contributed by atoms with Crippen molar-refractivity contribution in [2.45, 2.75) is 13.8 Å². The van der Waals surface area contributed by atoms with Gasteiger partial charge >= 0.3 is 0 Å². The molecule has 0 saturated carbocycles. The standard InChI is InChI=1S/C8H7N5O2.C6H4FNO2.C3H5N3/c1-6-9-11-12(10-6)7-2-4-8(5-3-7)13(14)15;7-5-1-3-6(4-2-5)8(9)10;1-3-4-2-5-6-3/h2-5H,1H3;1-4H;2H2,1H3.